The number of fused-ring (bicyclic) bond motifs is 1. The van der Waals surface area contributed by atoms with Gasteiger partial charge in [-0.15, -0.1) is 0 Å². The minimum atomic E-state index is -1.11. The van der Waals surface area contributed by atoms with Gasteiger partial charge in [0.15, 0.2) is 5.69 Å². The first-order chi connectivity index (χ1) is 6.59. The quantitative estimate of drug-likeness (QED) is 0.723. The fourth-order valence-electron chi connectivity index (χ4n) is 1.27. The van der Waals surface area contributed by atoms with Gasteiger partial charge in [-0.2, -0.15) is 4.98 Å². The number of aryl methyl sites for hydroxylation is 1. The van der Waals surface area contributed by atoms with Crippen LogP contribution in [0.15, 0.2) is 12.3 Å². The molecule has 72 valence electrons. The molecule has 0 aliphatic rings. The summed E-state index contributed by atoms with van der Waals surface area (Å²) in [5.74, 6) is -1.11. The van der Waals surface area contributed by atoms with Crippen molar-refractivity contribution in [3.8, 4) is 0 Å². The number of halogens is 1. The van der Waals surface area contributed by atoms with Gasteiger partial charge < -0.3 is 9.67 Å². The number of rotatable bonds is 1. The summed E-state index contributed by atoms with van der Waals surface area (Å²) in [6, 6.07) is 1.65. The normalized spacial score (nSPS) is 10.7. The summed E-state index contributed by atoms with van der Waals surface area (Å²) in [4.78, 5) is 18.4. The molecule has 2 aromatic rings. The number of hydrogen-bond acceptors (Lipinski definition) is 3. The molecule has 2 heterocycles. The largest absolute Gasteiger partial charge is 0.476 e. The number of hydrogen-bond donors (Lipinski definition) is 1. The van der Waals surface area contributed by atoms with E-state index in [0.717, 1.165) is 0 Å². The molecule has 0 bridgehead atoms. The molecule has 5 nitrogen and oxygen atoms in total. The van der Waals surface area contributed by atoms with Crippen LogP contribution in [0.1, 0.15) is 10.5 Å². The van der Waals surface area contributed by atoms with Crippen molar-refractivity contribution in [2.45, 2.75) is 0 Å². The molecule has 1 N–H and O–H groups in total. The number of carboxylic acids is 1. The Morgan fingerprint density at radius 2 is 2.29 bits per heavy atom. The Morgan fingerprint density at radius 3 is 2.93 bits per heavy atom. The van der Waals surface area contributed by atoms with Gasteiger partial charge in [-0.25, -0.2) is 9.78 Å². The molecule has 0 saturated heterocycles. The summed E-state index contributed by atoms with van der Waals surface area (Å²) >= 11 is 5.60. The van der Waals surface area contributed by atoms with Crippen molar-refractivity contribution in [1.82, 2.24) is 14.5 Å². The van der Waals surface area contributed by atoms with Gasteiger partial charge in [0.2, 0.25) is 5.28 Å². The number of aromatic carboxylic acids is 1. The number of carbonyl (C=O) groups is 1. The molecular formula is C8H6ClN3O2. The topological polar surface area (TPSA) is 68.0 Å². The maximum atomic E-state index is 10.8. The van der Waals surface area contributed by atoms with Crippen LogP contribution in [0.4, 0.5) is 0 Å². The van der Waals surface area contributed by atoms with E-state index in [1.807, 2.05) is 0 Å². The monoisotopic (exact) mass is 211 g/mol. The summed E-state index contributed by atoms with van der Waals surface area (Å²) in [6.45, 7) is 0. The van der Waals surface area contributed by atoms with E-state index in [9.17, 15) is 4.79 Å². The lowest BCUT2D eigenvalue weighted by Crippen LogP contribution is -2.03. The highest BCUT2D eigenvalue weighted by molar-refractivity contribution is 6.28. The van der Waals surface area contributed by atoms with Crippen LogP contribution in [0, 0.1) is 0 Å². The smallest absolute Gasteiger partial charge is 0.355 e. The second-order valence-electron chi connectivity index (χ2n) is 2.81. The molecule has 0 unspecified atom stereocenters. The van der Waals surface area contributed by atoms with Crippen LogP contribution in [-0.2, 0) is 7.05 Å². The lowest BCUT2D eigenvalue weighted by Gasteiger charge is -1.98. The number of carboxylic acid groups (broad SMARTS) is 1. The average Bonchev–Trinajstić information content (AvgIpc) is 2.47. The van der Waals surface area contributed by atoms with E-state index in [1.54, 1.807) is 23.9 Å². The van der Waals surface area contributed by atoms with E-state index in [4.69, 9.17) is 16.7 Å². The van der Waals surface area contributed by atoms with E-state index < -0.39 is 5.97 Å². The summed E-state index contributed by atoms with van der Waals surface area (Å²) in [6.07, 6.45) is 1.71. The van der Waals surface area contributed by atoms with E-state index in [2.05, 4.69) is 9.97 Å². The van der Waals surface area contributed by atoms with E-state index in [0.29, 0.717) is 11.0 Å². The summed E-state index contributed by atoms with van der Waals surface area (Å²) in [7, 11) is 1.76. The molecule has 0 fully saturated rings. The zero-order chi connectivity index (χ0) is 10.3. The molecular weight excluding hydrogens is 206 g/mol. The Bertz CT molecular complexity index is 521. The van der Waals surface area contributed by atoms with Gasteiger partial charge in [-0.05, 0) is 17.7 Å². The van der Waals surface area contributed by atoms with Gasteiger partial charge in [0.25, 0.3) is 0 Å². The lowest BCUT2D eigenvalue weighted by molar-refractivity contribution is 0.0692. The molecule has 0 radical (unpaired) electrons. The van der Waals surface area contributed by atoms with Crippen molar-refractivity contribution in [2.24, 2.45) is 7.05 Å². The third-order valence-electron chi connectivity index (χ3n) is 1.90. The third-order valence-corrected chi connectivity index (χ3v) is 2.07. The molecule has 0 spiro atoms. The molecule has 6 heteroatoms. The fraction of sp³-hybridized carbons (Fsp3) is 0.125. The molecule has 0 aliphatic carbocycles. The first kappa shape index (κ1) is 8.96. The number of nitrogens with zero attached hydrogens (tertiary/aromatic N) is 3. The Labute approximate surface area is 84.0 Å². The lowest BCUT2D eigenvalue weighted by atomic mass is 10.3. The minimum Gasteiger partial charge on any atom is -0.476 e. The predicted octanol–water partition coefficient (Wildman–Crippen LogP) is 1.32. The maximum absolute atomic E-state index is 10.8. The van der Waals surface area contributed by atoms with Crippen molar-refractivity contribution >= 4 is 28.6 Å². The molecule has 0 amide bonds. The van der Waals surface area contributed by atoms with Gasteiger partial charge in [-0.1, -0.05) is 0 Å². The standard InChI is InChI=1S/C8H6ClN3O2/c1-12-3-2-4-5(7(13)14)10-8(9)11-6(4)12/h2-3H,1H3,(H,13,14). The molecule has 0 atom stereocenters. The van der Waals surface area contributed by atoms with Crippen molar-refractivity contribution in [3.05, 3.63) is 23.2 Å². The zero-order valence-electron chi connectivity index (χ0n) is 7.23. The second kappa shape index (κ2) is 2.95. The third kappa shape index (κ3) is 1.22. The average molecular weight is 212 g/mol. The second-order valence-corrected chi connectivity index (χ2v) is 3.15. The molecule has 2 aromatic heterocycles. The van der Waals surface area contributed by atoms with Crippen molar-refractivity contribution in [3.63, 3.8) is 0 Å². The highest BCUT2D eigenvalue weighted by atomic mass is 35.5. The van der Waals surface area contributed by atoms with Gasteiger partial charge >= 0.3 is 5.97 Å². The van der Waals surface area contributed by atoms with E-state index in [-0.39, 0.29) is 11.0 Å². The SMILES string of the molecule is Cn1ccc2c(C(=O)O)nc(Cl)nc21. The Balaban J connectivity index is 2.88. The summed E-state index contributed by atoms with van der Waals surface area (Å²) in [5.41, 5.74) is 0.447. The summed E-state index contributed by atoms with van der Waals surface area (Å²) in [5, 5.41) is 9.29. The Kier molecular flexibility index (Phi) is 1.89. The summed E-state index contributed by atoms with van der Waals surface area (Å²) < 4.78 is 1.69. The van der Waals surface area contributed by atoms with Crippen LogP contribution in [0.3, 0.4) is 0 Å². The van der Waals surface area contributed by atoms with Crippen LogP contribution >= 0.6 is 11.6 Å². The van der Waals surface area contributed by atoms with Crippen LogP contribution < -0.4 is 0 Å². The molecule has 14 heavy (non-hydrogen) atoms. The molecule has 2 rings (SSSR count). The first-order valence-corrected chi connectivity index (χ1v) is 4.19. The Morgan fingerprint density at radius 1 is 1.57 bits per heavy atom. The molecule has 0 aromatic carbocycles. The van der Waals surface area contributed by atoms with Crippen LogP contribution in [-0.4, -0.2) is 25.6 Å². The fourth-order valence-corrected chi connectivity index (χ4v) is 1.44. The highest BCUT2D eigenvalue weighted by Crippen LogP contribution is 2.18. The maximum Gasteiger partial charge on any atom is 0.355 e. The van der Waals surface area contributed by atoms with Crippen molar-refractivity contribution in [2.75, 3.05) is 0 Å². The van der Waals surface area contributed by atoms with Gasteiger partial charge in [0, 0.05) is 13.2 Å². The highest BCUT2D eigenvalue weighted by Gasteiger charge is 2.14. The van der Waals surface area contributed by atoms with Crippen LogP contribution in [0.2, 0.25) is 5.28 Å². The predicted molar refractivity (Wildman–Crippen MR) is 50.5 cm³/mol. The van der Waals surface area contributed by atoms with Gasteiger partial charge in [-0.3, -0.25) is 0 Å². The van der Waals surface area contributed by atoms with Crippen molar-refractivity contribution < 1.29 is 9.90 Å². The van der Waals surface area contributed by atoms with E-state index in [1.165, 1.54) is 0 Å². The zero-order valence-corrected chi connectivity index (χ0v) is 7.99. The van der Waals surface area contributed by atoms with Crippen molar-refractivity contribution in [1.29, 1.82) is 0 Å². The van der Waals surface area contributed by atoms with Crippen LogP contribution in [0.25, 0.3) is 11.0 Å². The van der Waals surface area contributed by atoms with Gasteiger partial charge in [0.1, 0.15) is 5.65 Å². The first-order valence-electron chi connectivity index (χ1n) is 3.81. The number of aromatic nitrogens is 3. The molecule has 0 aliphatic heterocycles. The van der Waals surface area contributed by atoms with Gasteiger partial charge in [0.05, 0.1) is 5.39 Å². The van der Waals surface area contributed by atoms with Crippen LogP contribution in [0.5, 0.6) is 0 Å². The Hall–Kier alpha value is -1.62. The molecule has 0 saturated carbocycles. The minimum absolute atomic E-state index is 0.0586. The van der Waals surface area contributed by atoms with E-state index >= 15 is 0 Å².